The molecule has 0 aromatic carbocycles. The first-order valence-electron chi connectivity index (χ1n) is 6.13. The Morgan fingerprint density at radius 1 is 1.14 bits per heavy atom. The summed E-state index contributed by atoms with van der Waals surface area (Å²) in [6, 6.07) is 0. The van der Waals surface area contributed by atoms with Crippen LogP contribution in [0.15, 0.2) is 12.7 Å². The maximum absolute atomic E-state index is 3.81. The summed E-state index contributed by atoms with van der Waals surface area (Å²) in [7, 11) is 0. The fourth-order valence-corrected chi connectivity index (χ4v) is 1.97. The van der Waals surface area contributed by atoms with Crippen LogP contribution in [0.3, 0.4) is 0 Å². The summed E-state index contributed by atoms with van der Waals surface area (Å²) in [4.78, 5) is 0. The van der Waals surface area contributed by atoms with E-state index >= 15 is 0 Å². The van der Waals surface area contributed by atoms with Gasteiger partial charge in [0.25, 0.3) is 0 Å². The van der Waals surface area contributed by atoms with Gasteiger partial charge in [-0.25, -0.2) is 0 Å². The smallest absolute Gasteiger partial charge is 0.0351 e. The highest BCUT2D eigenvalue weighted by Gasteiger charge is 2.22. The molecule has 0 saturated heterocycles. The minimum absolute atomic E-state index is 0.469. The summed E-state index contributed by atoms with van der Waals surface area (Å²) in [5.74, 6) is 0.868. The third-order valence-corrected chi connectivity index (χ3v) is 3.10. The monoisotopic (exact) mass is 196 g/mol. The molecule has 0 aliphatic carbocycles. The molecular weight excluding hydrogens is 168 g/mol. The normalized spacial score (nSPS) is 14.0. The molecule has 0 aliphatic heterocycles. The maximum Gasteiger partial charge on any atom is -0.0351 e. The van der Waals surface area contributed by atoms with Crippen LogP contribution >= 0.6 is 0 Å². The number of hydrogen-bond donors (Lipinski definition) is 0. The molecule has 0 radical (unpaired) electrons. The van der Waals surface area contributed by atoms with Crippen molar-refractivity contribution in [3.8, 4) is 0 Å². The van der Waals surface area contributed by atoms with Crippen molar-refractivity contribution >= 4 is 0 Å². The zero-order valence-electron chi connectivity index (χ0n) is 10.6. The van der Waals surface area contributed by atoms with Gasteiger partial charge in [0.1, 0.15) is 0 Å². The van der Waals surface area contributed by atoms with Gasteiger partial charge in [-0.05, 0) is 30.6 Å². The molecule has 0 fully saturated rings. The van der Waals surface area contributed by atoms with Gasteiger partial charge < -0.3 is 0 Å². The Morgan fingerprint density at radius 3 is 2.21 bits per heavy atom. The summed E-state index contributed by atoms with van der Waals surface area (Å²) in [5, 5.41) is 0. The quantitative estimate of drug-likeness (QED) is 0.388. The molecule has 1 atom stereocenters. The lowest BCUT2D eigenvalue weighted by Crippen LogP contribution is -2.20. The maximum atomic E-state index is 3.81. The Labute approximate surface area is 90.8 Å². The Bertz CT molecular complexity index is 139. The highest BCUT2D eigenvalue weighted by atomic mass is 14.3. The van der Waals surface area contributed by atoms with Gasteiger partial charge in [0.2, 0.25) is 0 Å². The van der Waals surface area contributed by atoms with Gasteiger partial charge in [-0.1, -0.05) is 53.0 Å². The summed E-state index contributed by atoms with van der Waals surface area (Å²) < 4.78 is 0. The van der Waals surface area contributed by atoms with E-state index in [1.165, 1.54) is 38.5 Å². The number of rotatable bonds is 7. The van der Waals surface area contributed by atoms with Gasteiger partial charge >= 0.3 is 0 Å². The molecule has 0 amide bonds. The minimum atomic E-state index is 0.469. The molecule has 0 N–H and O–H groups in total. The second-order valence-electron chi connectivity index (χ2n) is 5.42. The van der Waals surface area contributed by atoms with Crippen LogP contribution < -0.4 is 0 Å². The van der Waals surface area contributed by atoms with E-state index in [4.69, 9.17) is 0 Å². The molecule has 0 heteroatoms. The molecule has 0 nitrogen and oxygen atoms in total. The SMILES string of the molecule is C=CCCC(CCCCC)C(C)(C)C. The molecule has 14 heavy (non-hydrogen) atoms. The van der Waals surface area contributed by atoms with Gasteiger partial charge in [-0.3, -0.25) is 0 Å². The van der Waals surface area contributed by atoms with Crippen LogP contribution in [0.5, 0.6) is 0 Å². The zero-order valence-corrected chi connectivity index (χ0v) is 10.6. The van der Waals surface area contributed by atoms with Crippen molar-refractivity contribution in [2.24, 2.45) is 11.3 Å². The minimum Gasteiger partial charge on any atom is -0.103 e. The third-order valence-electron chi connectivity index (χ3n) is 3.10. The number of allylic oxidation sites excluding steroid dienone is 1. The second kappa shape index (κ2) is 7.09. The molecule has 0 bridgehead atoms. The van der Waals surface area contributed by atoms with Crippen molar-refractivity contribution in [3.05, 3.63) is 12.7 Å². The van der Waals surface area contributed by atoms with Crippen LogP contribution in [0.2, 0.25) is 0 Å². The van der Waals surface area contributed by atoms with E-state index < -0.39 is 0 Å². The Hall–Kier alpha value is -0.260. The Balaban J connectivity index is 3.91. The molecule has 0 aromatic heterocycles. The van der Waals surface area contributed by atoms with Crippen LogP contribution in [0.1, 0.15) is 66.2 Å². The van der Waals surface area contributed by atoms with Crippen molar-refractivity contribution < 1.29 is 0 Å². The van der Waals surface area contributed by atoms with E-state index in [1.807, 2.05) is 0 Å². The summed E-state index contributed by atoms with van der Waals surface area (Å²) >= 11 is 0. The van der Waals surface area contributed by atoms with Crippen molar-refractivity contribution in [3.63, 3.8) is 0 Å². The van der Waals surface area contributed by atoms with E-state index in [0.29, 0.717) is 5.41 Å². The molecule has 0 aromatic rings. The van der Waals surface area contributed by atoms with Crippen LogP contribution in [0.4, 0.5) is 0 Å². The number of hydrogen-bond acceptors (Lipinski definition) is 0. The Morgan fingerprint density at radius 2 is 1.79 bits per heavy atom. The lowest BCUT2D eigenvalue weighted by atomic mass is 9.75. The van der Waals surface area contributed by atoms with E-state index in [9.17, 15) is 0 Å². The fraction of sp³-hybridized carbons (Fsp3) is 0.857. The largest absolute Gasteiger partial charge is 0.103 e. The van der Waals surface area contributed by atoms with E-state index in [1.54, 1.807) is 0 Å². The third kappa shape index (κ3) is 6.23. The van der Waals surface area contributed by atoms with Crippen molar-refractivity contribution in [2.75, 3.05) is 0 Å². The zero-order chi connectivity index (χ0) is 11.0. The fourth-order valence-electron chi connectivity index (χ4n) is 1.97. The molecule has 0 saturated carbocycles. The van der Waals surface area contributed by atoms with Gasteiger partial charge in [-0.2, -0.15) is 0 Å². The van der Waals surface area contributed by atoms with E-state index in [-0.39, 0.29) is 0 Å². The molecular formula is C14H28. The summed E-state index contributed by atoms with van der Waals surface area (Å²) in [6.07, 6.45) is 10.1. The highest BCUT2D eigenvalue weighted by Crippen LogP contribution is 2.33. The predicted octanol–water partition coefficient (Wildman–Crippen LogP) is 5.20. The van der Waals surface area contributed by atoms with Crippen molar-refractivity contribution in [2.45, 2.75) is 66.2 Å². The van der Waals surface area contributed by atoms with Crippen LogP contribution in [-0.2, 0) is 0 Å². The summed E-state index contributed by atoms with van der Waals surface area (Å²) in [5.41, 5.74) is 0.469. The van der Waals surface area contributed by atoms with Gasteiger partial charge in [0.15, 0.2) is 0 Å². The van der Waals surface area contributed by atoms with Gasteiger partial charge in [0.05, 0.1) is 0 Å². The standard InChI is InChI=1S/C14H28/c1-6-8-10-12-13(11-9-7-2)14(3,4)5/h7,13H,2,6,8-12H2,1,3-5H3. The highest BCUT2D eigenvalue weighted by molar-refractivity contribution is 4.77. The number of unbranched alkanes of at least 4 members (excludes halogenated alkanes) is 2. The molecule has 84 valence electrons. The van der Waals surface area contributed by atoms with Gasteiger partial charge in [-0.15, -0.1) is 6.58 Å². The molecule has 0 heterocycles. The summed E-state index contributed by atoms with van der Waals surface area (Å²) in [6.45, 7) is 13.2. The first-order valence-corrected chi connectivity index (χ1v) is 6.13. The van der Waals surface area contributed by atoms with Gasteiger partial charge in [0, 0.05) is 0 Å². The second-order valence-corrected chi connectivity index (χ2v) is 5.42. The average Bonchev–Trinajstić information content (AvgIpc) is 2.09. The average molecular weight is 196 g/mol. The molecule has 0 aliphatic rings. The van der Waals surface area contributed by atoms with Crippen molar-refractivity contribution in [1.82, 2.24) is 0 Å². The lowest BCUT2D eigenvalue weighted by molar-refractivity contribution is 0.208. The Kier molecular flexibility index (Phi) is 6.96. The first kappa shape index (κ1) is 13.7. The van der Waals surface area contributed by atoms with Crippen LogP contribution in [-0.4, -0.2) is 0 Å². The molecule has 0 rings (SSSR count). The predicted molar refractivity (Wildman–Crippen MR) is 66.5 cm³/mol. The molecule has 0 spiro atoms. The van der Waals surface area contributed by atoms with Crippen molar-refractivity contribution in [1.29, 1.82) is 0 Å². The van der Waals surface area contributed by atoms with E-state index in [2.05, 4.69) is 40.3 Å². The molecule has 1 unspecified atom stereocenters. The first-order chi connectivity index (χ1) is 6.52. The van der Waals surface area contributed by atoms with Crippen LogP contribution in [0, 0.1) is 11.3 Å². The topological polar surface area (TPSA) is 0 Å². The van der Waals surface area contributed by atoms with E-state index in [0.717, 1.165) is 5.92 Å². The van der Waals surface area contributed by atoms with Crippen LogP contribution in [0.25, 0.3) is 0 Å². The lowest BCUT2D eigenvalue weighted by Gasteiger charge is -2.30.